The monoisotopic (exact) mass is 1510 g/mol. The molecule has 4 saturated heterocycles. The van der Waals surface area contributed by atoms with Crippen molar-refractivity contribution < 1.29 is 207 Å². The maximum atomic E-state index is 13.5. The molecular weight excluding hydrogens is 1440 g/mol. The van der Waals surface area contributed by atoms with Crippen molar-refractivity contribution in [1.29, 1.82) is 0 Å². The number of esters is 4. The van der Waals surface area contributed by atoms with Gasteiger partial charge in [-0.25, -0.2) is 24.0 Å². The van der Waals surface area contributed by atoms with Crippen LogP contribution in [0.3, 0.4) is 0 Å². The summed E-state index contributed by atoms with van der Waals surface area (Å²) in [5.74, 6) is -20.4. The highest BCUT2D eigenvalue weighted by atomic mass is 16.8. The van der Waals surface area contributed by atoms with E-state index >= 15 is 0 Å². The molecular formula is C64H68O42. The van der Waals surface area contributed by atoms with Crippen molar-refractivity contribution in [1.82, 2.24) is 0 Å². The van der Waals surface area contributed by atoms with Crippen molar-refractivity contribution in [3.63, 3.8) is 0 Å². The number of aliphatic carboxylic acids is 3. The Bertz CT molecular complexity index is 3990. The van der Waals surface area contributed by atoms with E-state index in [0.717, 1.165) is 60.7 Å². The number of hydrogen-bond donors (Lipinski definition) is 22. The van der Waals surface area contributed by atoms with Gasteiger partial charge in [-0.1, -0.05) is 12.1 Å². The van der Waals surface area contributed by atoms with Gasteiger partial charge in [0.15, 0.2) is 71.3 Å². The van der Waals surface area contributed by atoms with E-state index in [0.29, 0.717) is 12.1 Å². The number of hydrogen-bond acceptors (Lipinski definition) is 39. The van der Waals surface area contributed by atoms with E-state index in [4.69, 9.17) is 61.9 Å². The van der Waals surface area contributed by atoms with Crippen molar-refractivity contribution in [3.8, 4) is 57.5 Å². The van der Waals surface area contributed by atoms with Crippen molar-refractivity contribution >= 4 is 60.0 Å². The van der Waals surface area contributed by atoms with E-state index in [9.17, 15) is 141 Å². The Kier molecular flexibility index (Phi) is 25.3. The van der Waals surface area contributed by atoms with Crippen molar-refractivity contribution in [2.75, 3.05) is 19.8 Å². The van der Waals surface area contributed by atoms with Crippen LogP contribution in [0.2, 0.25) is 0 Å². The van der Waals surface area contributed by atoms with Gasteiger partial charge in [-0.2, -0.15) is 0 Å². The first kappa shape index (κ1) is 79.6. The molecule has 106 heavy (non-hydrogen) atoms. The Labute approximate surface area is 591 Å². The van der Waals surface area contributed by atoms with Crippen molar-refractivity contribution in [3.05, 3.63) is 101 Å². The fourth-order valence-corrected chi connectivity index (χ4v) is 10.8. The molecule has 0 amide bonds. The number of aliphatic hydroxyl groups excluding tert-OH is 12. The molecule has 0 radical (unpaired) electrons. The highest BCUT2D eigenvalue weighted by Crippen LogP contribution is 2.49. The van der Waals surface area contributed by atoms with Crippen LogP contribution in [0.4, 0.5) is 0 Å². The Morgan fingerprint density at radius 1 is 0.500 bits per heavy atom. The lowest BCUT2D eigenvalue weighted by Crippen LogP contribution is -2.65. The number of rotatable bonds is 26. The molecule has 4 fully saturated rings. The first-order chi connectivity index (χ1) is 50.0. The van der Waals surface area contributed by atoms with E-state index in [1.54, 1.807) is 0 Å². The summed E-state index contributed by atoms with van der Waals surface area (Å²) in [7, 11) is 0. The third-order valence-corrected chi connectivity index (χ3v) is 16.5. The lowest BCUT2D eigenvalue weighted by Gasteiger charge is -2.47. The summed E-state index contributed by atoms with van der Waals surface area (Å²) in [4.78, 5) is 87.0. The van der Waals surface area contributed by atoms with Gasteiger partial charge in [0, 0.05) is 29.8 Å². The summed E-state index contributed by atoms with van der Waals surface area (Å²) in [6, 6.07) is 10.1. The molecule has 5 heterocycles. The number of fused-ring (bicyclic) bond motifs is 1. The van der Waals surface area contributed by atoms with E-state index in [1.165, 1.54) is 18.2 Å². The Morgan fingerprint density at radius 2 is 1.06 bits per heavy atom. The van der Waals surface area contributed by atoms with Crippen LogP contribution >= 0.6 is 0 Å². The minimum Gasteiger partial charge on any atom is -0.507 e. The number of carboxylic acids is 3. The molecule has 5 aliphatic rings. The standard InChI is InChI=1S/C64H68O42/c65-17-34-42(77)47(82)56(103-38(73)8-4-21-2-6-26(67)29(70)10-21)64(100-34)106-57-48(83)44(79)36(19-95-39(74)16-40(75)104-55(60(92)93)52(87)58(88)89)102-63(57)99-33-15-24-27(68)13-23(96-61-50(85)45(80)43(78)35(101-61)18-94-37(72)7-3-20-1-5-25(66)28(69)9-20)14-31(24)97-53(33)22-11-30(71)41(76)32(12-22)98-62-51(86)46(81)49(84)54(105-62)59(90)91/h1-15,34-36,42-57,61-71,76-87H,16-19H2,(H,88,89)(H,90,91)(H,92,93). The smallest absolute Gasteiger partial charge is 0.348 e. The zero-order valence-electron chi connectivity index (χ0n) is 53.8. The van der Waals surface area contributed by atoms with Gasteiger partial charge in [0.25, 0.3) is 0 Å². The molecule has 0 aromatic heterocycles. The molecule has 576 valence electrons. The maximum absolute atomic E-state index is 13.5. The van der Waals surface area contributed by atoms with Gasteiger partial charge in [0.05, 0.1) is 12.2 Å². The van der Waals surface area contributed by atoms with Gasteiger partial charge < -0.3 is 174 Å². The van der Waals surface area contributed by atoms with Crippen LogP contribution in [0.5, 0.6) is 57.5 Å². The first-order valence-electron chi connectivity index (χ1n) is 31.0. The number of benzene rings is 4. The summed E-state index contributed by atoms with van der Waals surface area (Å²) >= 11 is 0. The molecule has 0 spiro atoms. The van der Waals surface area contributed by atoms with Crippen molar-refractivity contribution in [2.45, 2.75) is 148 Å². The van der Waals surface area contributed by atoms with Gasteiger partial charge in [-0.15, -0.1) is 0 Å². The largest absolute Gasteiger partial charge is 0.507 e. The topological polar surface area (TPSA) is 685 Å². The van der Waals surface area contributed by atoms with Crippen LogP contribution in [0.25, 0.3) is 18.2 Å². The summed E-state index contributed by atoms with van der Waals surface area (Å²) in [6.07, 6.45) is -49.0. The Balaban J connectivity index is 1.09. The third-order valence-electron chi connectivity index (χ3n) is 16.5. The second kappa shape index (κ2) is 33.7. The number of carboxylic acid groups (broad SMARTS) is 3. The Morgan fingerprint density at radius 3 is 1.65 bits per heavy atom. The van der Waals surface area contributed by atoms with Crippen LogP contribution in [-0.4, -0.2) is 309 Å². The molecule has 0 aliphatic carbocycles. The van der Waals surface area contributed by atoms with Gasteiger partial charge in [-0.3, -0.25) is 9.59 Å². The van der Waals surface area contributed by atoms with Gasteiger partial charge in [0.1, 0.15) is 122 Å². The lowest BCUT2D eigenvalue weighted by molar-refractivity contribution is -0.364. The molecule has 0 bridgehead atoms. The van der Waals surface area contributed by atoms with E-state index in [2.05, 4.69) is 4.74 Å². The van der Waals surface area contributed by atoms with Gasteiger partial charge >= 0.3 is 41.8 Å². The Hall–Kier alpha value is -10.5. The zero-order valence-corrected chi connectivity index (χ0v) is 53.8. The summed E-state index contributed by atoms with van der Waals surface area (Å²) in [6.45, 7) is -3.25. The third kappa shape index (κ3) is 18.2. The molecule has 42 nitrogen and oxygen atoms in total. The molecule has 9 rings (SSSR count). The predicted molar refractivity (Wildman–Crippen MR) is 331 cm³/mol. The van der Waals surface area contributed by atoms with Crippen LogP contribution in [0.1, 0.15) is 34.8 Å². The molecule has 4 aromatic rings. The second-order valence-corrected chi connectivity index (χ2v) is 23.8. The van der Waals surface area contributed by atoms with Crippen molar-refractivity contribution in [2.24, 2.45) is 0 Å². The highest BCUT2D eigenvalue weighted by Gasteiger charge is 2.55. The number of phenols is 7. The second-order valence-electron chi connectivity index (χ2n) is 23.8. The summed E-state index contributed by atoms with van der Waals surface area (Å²) in [5.41, 5.74) is -0.699. The highest BCUT2D eigenvalue weighted by molar-refractivity contribution is 5.93. The minimum absolute atomic E-state index is 0.0770. The van der Waals surface area contributed by atoms with Crippen LogP contribution < -0.4 is 14.2 Å². The fourth-order valence-electron chi connectivity index (χ4n) is 10.8. The van der Waals surface area contributed by atoms with Crippen LogP contribution in [0.15, 0.2) is 78.6 Å². The van der Waals surface area contributed by atoms with Crippen LogP contribution in [0, 0.1) is 0 Å². The predicted octanol–water partition coefficient (Wildman–Crippen LogP) is -5.90. The molecule has 22 N–H and O–H groups in total. The fraction of sp³-hybridized carbons (Fsp3) is 0.422. The number of aliphatic hydroxyl groups is 12. The SMILES string of the molecule is O=C(C=Cc1ccc(O)c(O)c1)OCC1OC(Oc2cc(O)c3c(c2)OC(c2cc(O)c(O)c(OC4OC(C(=O)O)C(O)C(O)C4O)c2)C(OC2OC(COC(=O)CC(=O)OC(C(=O)O)C(O)C(=O)O)C(O)C(O)C2OC2OC(CO)C(O)C(O)C2OC(=O)C=Cc2ccc(O)c(O)c2)=C3)C(O)C(O)C1O. The summed E-state index contributed by atoms with van der Waals surface area (Å²) < 4.78 is 73.0. The average Bonchev–Trinajstić information content (AvgIpc) is 0.767. The molecule has 23 unspecified atom stereocenters. The first-order valence-corrected chi connectivity index (χ1v) is 31.0. The number of phenolic OH excluding ortho intramolecular Hbond substituents is 7. The zero-order chi connectivity index (χ0) is 77.6. The molecule has 42 heteroatoms. The quantitative estimate of drug-likeness (QED) is 0.00915. The maximum Gasteiger partial charge on any atom is 0.348 e. The van der Waals surface area contributed by atoms with Gasteiger partial charge in [0.2, 0.25) is 30.7 Å². The lowest BCUT2D eigenvalue weighted by atomic mass is 9.96. The number of carbonyl (C=O) groups excluding carboxylic acids is 4. The molecule has 0 saturated carbocycles. The normalized spacial score (nSPS) is 30.6. The molecule has 4 aromatic carbocycles. The average molecular weight is 1510 g/mol. The van der Waals surface area contributed by atoms with E-state index in [-0.39, 0.29) is 11.1 Å². The van der Waals surface area contributed by atoms with Crippen LogP contribution in [-0.2, 0) is 80.9 Å². The summed E-state index contributed by atoms with van der Waals surface area (Å²) in [5, 5.41) is 233. The minimum atomic E-state index is -2.85. The number of ether oxygens (including phenoxy) is 13. The molecule has 5 aliphatic heterocycles. The van der Waals surface area contributed by atoms with Gasteiger partial charge in [-0.05, 0) is 65.8 Å². The van der Waals surface area contributed by atoms with E-state index < -0.39 is 284 Å². The van der Waals surface area contributed by atoms with E-state index in [1.807, 2.05) is 0 Å². The number of aromatic hydroxyl groups is 7. The number of carbonyl (C=O) groups is 7. The molecule has 23 atom stereocenters.